The molecule has 4 rings (SSSR count). The van der Waals surface area contributed by atoms with E-state index < -0.39 is 23.5 Å². The molecule has 0 saturated carbocycles. The van der Waals surface area contributed by atoms with E-state index in [2.05, 4.69) is 15.0 Å². The molecule has 1 amide bonds. The smallest absolute Gasteiger partial charge is 0.301 e. The lowest BCUT2D eigenvalue weighted by Crippen LogP contribution is -2.30. The van der Waals surface area contributed by atoms with E-state index in [-0.39, 0.29) is 17.2 Å². The van der Waals surface area contributed by atoms with Gasteiger partial charge in [0, 0.05) is 17.3 Å². The number of hydrogen-bond acceptors (Lipinski definition) is 7. The Morgan fingerprint density at radius 3 is 2.35 bits per heavy atom. The van der Waals surface area contributed by atoms with E-state index in [1.54, 1.807) is 36.4 Å². The van der Waals surface area contributed by atoms with Gasteiger partial charge in [-0.3, -0.25) is 14.5 Å². The zero-order chi connectivity index (χ0) is 24.2. The van der Waals surface area contributed by atoms with Crippen molar-refractivity contribution in [1.29, 1.82) is 0 Å². The minimum atomic E-state index is -1.02. The van der Waals surface area contributed by atoms with Gasteiger partial charge in [0.2, 0.25) is 0 Å². The molecule has 1 unspecified atom stereocenters. The second-order valence-corrected chi connectivity index (χ2v) is 7.32. The first-order valence-electron chi connectivity index (χ1n) is 10.2. The molecular formula is C25H20FN3O5. The van der Waals surface area contributed by atoms with Crippen LogP contribution in [0.4, 0.5) is 10.2 Å². The first kappa shape index (κ1) is 22.7. The number of aliphatic hydroxyl groups is 1. The van der Waals surface area contributed by atoms with Crippen LogP contribution in [0.2, 0.25) is 0 Å². The molecule has 1 saturated heterocycles. The number of carbonyl (C=O) groups is 2. The number of hydrogen-bond donors (Lipinski definition) is 1. The Bertz CT molecular complexity index is 1270. The summed E-state index contributed by atoms with van der Waals surface area (Å²) >= 11 is 0. The van der Waals surface area contributed by atoms with Crippen molar-refractivity contribution in [1.82, 2.24) is 4.98 Å². The zero-order valence-electron chi connectivity index (χ0n) is 18.3. The lowest BCUT2D eigenvalue weighted by molar-refractivity contribution is -0.132. The van der Waals surface area contributed by atoms with Crippen LogP contribution in [0.1, 0.15) is 22.7 Å². The maximum Gasteiger partial charge on any atom is 0.301 e. The number of ketones is 1. The standard InChI is InChI=1S/C25H20FN3O5/c1-33-19-10-6-17(7-11-19)23(30)21-22(16-4-8-18(26)9-5-16)29(25(32)24(21)31)20-12-3-15(13-27-20)14-28-34-2/h3-14,22,30H,1-2H3/b23-21?,28-14+. The van der Waals surface area contributed by atoms with Crippen molar-refractivity contribution in [3.63, 3.8) is 0 Å². The summed E-state index contributed by atoms with van der Waals surface area (Å²) in [6.45, 7) is 0. The molecule has 1 aliphatic rings. The van der Waals surface area contributed by atoms with Gasteiger partial charge in [0.15, 0.2) is 0 Å². The molecule has 0 aliphatic carbocycles. The van der Waals surface area contributed by atoms with Crippen LogP contribution in [0, 0.1) is 5.82 Å². The summed E-state index contributed by atoms with van der Waals surface area (Å²) in [6, 6.07) is 13.9. The van der Waals surface area contributed by atoms with Gasteiger partial charge in [-0.05, 0) is 54.1 Å². The van der Waals surface area contributed by atoms with E-state index in [4.69, 9.17) is 4.74 Å². The number of aromatic nitrogens is 1. The molecule has 0 spiro atoms. The Morgan fingerprint density at radius 2 is 1.76 bits per heavy atom. The predicted octanol–water partition coefficient (Wildman–Crippen LogP) is 3.84. The molecule has 0 bridgehead atoms. The number of ether oxygens (including phenoxy) is 1. The summed E-state index contributed by atoms with van der Waals surface area (Å²) in [7, 11) is 2.91. The van der Waals surface area contributed by atoms with Crippen molar-refractivity contribution >= 4 is 29.5 Å². The highest BCUT2D eigenvalue weighted by atomic mass is 19.1. The fourth-order valence-electron chi connectivity index (χ4n) is 3.66. The Morgan fingerprint density at radius 1 is 1.06 bits per heavy atom. The summed E-state index contributed by atoms with van der Waals surface area (Å²) in [4.78, 5) is 36.3. The van der Waals surface area contributed by atoms with Crippen molar-refractivity contribution in [3.05, 3.63) is 94.9 Å². The number of nitrogens with zero attached hydrogens (tertiary/aromatic N) is 3. The third-order valence-corrected chi connectivity index (χ3v) is 5.32. The van der Waals surface area contributed by atoms with Gasteiger partial charge >= 0.3 is 5.91 Å². The fourth-order valence-corrected chi connectivity index (χ4v) is 3.66. The second kappa shape index (κ2) is 9.53. The number of amides is 1. The Hall–Kier alpha value is -4.53. The first-order valence-corrected chi connectivity index (χ1v) is 10.2. The molecule has 3 aromatic rings. The molecule has 0 radical (unpaired) electrons. The highest BCUT2D eigenvalue weighted by Gasteiger charge is 2.47. The number of aliphatic hydroxyl groups excluding tert-OH is 1. The van der Waals surface area contributed by atoms with Crippen LogP contribution in [0.5, 0.6) is 5.75 Å². The first-order chi connectivity index (χ1) is 16.4. The van der Waals surface area contributed by atoms with Crippen molar-refractivity contribution < 1.29 is 28.7 Å². The van der Waals surface area contributed by atoms with E-state index in [1.807, 2.05) is 0 Å². The molecule has 2 heterocycles. The maximum absolute atomic E-state index is 13.6. The van der Waals surface area contributed by atoms with E-state index in [0.717, 1.165) is 0 Å². The Balaban J connectivity index is 1.85. The number of methoxy groups -OCH3 is 1. The van der Waals surface area contributed by atoms with Gasteiger partial charge in [0.1, 0.15) is 30.3 Å². The maximum atomic E-state index is 13.6. The molecule has 1 fully saturated rings. The van der Waals surface area contributed by atoms with Gasteiger partial charge in [-0.15, -0.1) is 0 Å². The number of oxime groups is 1. The summed E-state index contributed by atoms with van der Waals surface area (Å²) < 4.78 is 18.8. The monoisotopic (exact) mass is 461 g/mol. The summed E-state index contributed by atoms with van der Waals surface area (Å²) in [5.41, 5.74) is 1.24. The van der Waals surface area contributed by atoms with Crippen molar-refractivity contribution in [2.24, 2.45) is 5.16 Å². The number of rotatable bonds is 6. The highest BCUT2D eigenvalue weighted by molar-refractivity contribution is 6.51. The average molecular weight is 461 g/mol. The van der Waals surface area contributed by atoms with Gasteiger partial charge < -0.3 is 14.7 Å². The van der Waals surface area contributed by atoms with Crippen LogP contribution in [0.3, 0.4) is 0 Å². The van der Waals surface area contributed by atoms with Crippen LogP contribution in [-0.2, 0) is 14.4 Å². The Kier molecular flexibility index (Phi) is 6.35. The lowest BCUT2D eigenvalue weighted by Gasteiger charge is -2.24. The van der Waals surface area contributed by atoms with Crippen LogP contribution >= 0.6 is 0 Å². The van der Waals surface area contributed by atoms with E-state index in [9.17, 15) is 19.1 Å². The third-order valence-electron chi connectivity index (χ3n) is 5.32. The number of carbonyl (C=O) groups excluding carboxylic acids is 2. The van der Waals surface area contributed by atoms with Gasteiger partial charge in [0.25, 0.3) is 5.78 Å². The van der Waals surface area contributed by atoms with E-state index in [0.29, 0.717) is 22.4 Å². The minimum absolute atomic E-state index is 0.131. The molecule has 9 heteroatoms. The number of benzene rings is 2. The lowest BCUT2D eigenvalue weighted by atomic mass is 9.95. The van der Waals surface area contributed by atoms with Gasteiger partial charge in [-0.25, -0.2) is 9.37 Å². The number of pyridine rings is 1. The minimum Gasteiger partial charge on any atom is -0.507 e. The molecule has 2 aromatic carbocycles. The molecule has 172 valence electrons. The molecule has 34 heavy (non-hydrogen) atoms. The number of anilines is 1. The quantitative estimate of drug-likeness (QED) is 0.197. The van der Waals surface area contributed by atoms with Gasteiger partial charge in [-0.2, -0.15) is 0 Å². The third kappa shape index (κ3) is 4.23. The van der Waals surface area contributed by atoms with E-state index >= 15 is 0 Å². The fraction of sp³-hybridized carbons (Fsp3) is 0.120. The van der Waals surface area contributed by atoms with Crippen LogP contribution in [0.15, 0.2) is 77.6 Å². The largest absolute Gasteiger partial charge is 0.507 e. The molecule has 1 atom stereocenters. The highest BCUT2D eigenvalue weighted by Crippen LogP contribution is 2.41. The summed E-state index contributed by atoms with van der Waals surface area (Å²) in [5, 5.41) is 14.7. The number of Topliss-reactive ketones (excluding diaryl/α,β-unsaturated/α-hetero) is 1. The zero-order valence-corrected chi connectivity index (χ0v) is 18.3. The molecule has 8 nitrogen and oxygen atoms in total. The van der Waals surface area contributed by atoms with Crippen molar-refractivity contribution in [2.45, 2.75) is 6.04 Å². The van der Waals surface area contributed by atoms with Gasteiger partial charge in [0.05, 0.1) is 24.9 Å². The summed E-state index contributed by atoms with van der Waals surface area (Å²) in [6.07, 6.45) is 2.90. The van der Waals surface area contributed by atoms with Gasteiger partial charge in [-0.1, -0.05) is 17.3 Å². The van der Waals surface area contributed by atoms with E-state index in [1.165, 1.54) is 55.8 Å². The van der Waals surface area contributed by atoms with Crippen molar-refractivity contribution in [3.8, 4) is 5.75 Å². The number of halogens is 1. The molecule has 1 aromatic heterocycles. The predicted molar refractivity (Wildman–Crippen MR) is 123 cm³/mol. The second-order valence-electron chi connectivity index (χ2n) is 7.32. The summed E-state index contributed by atoms with van der Waals surface area (Å²) in [5.74, 6) is -1.84. The molecule has 1 N–H and O–H groups in total. The van der Waals surface area contributed by atoms with Crippen molar-refractivity contribution in [2.75, 3.05) is 19.1 Å². The SMILES string of the molecule is CO/N=C/c1ccc(N2C(=O)C(=O)C(=C(O)c3ccc(OC)cc3)C2c2ccc(F)cc2)nc1. The van der Waals surface area contributed by atoms with Crippen LogP contribution in [0.25, 0.3) is 5.76 Å². The Labute approximate surface area is 194 Å². The molecule has 1 aliphatic heterocycles. The normalized spacial score (nSPS) is 17.4. The molecular weight excluding hydrogens is 441 g/mol. The topological polar surface area (TPSA) is 101 Å². The van der Waals surface area contributed by atoms with Crippen LogP contribution in [-0.4, -0.2) is 42.2 Å². The van der Waals surface area contributed by atoms with Crippen LogP contribution < -0.4 is 9.64 Å². The average Bonchev–Trinajstić information content (AvgIpc) is 3.13.